The summed E-state index contributed by atoms with van der Waals surface area (Å²) in [7, 11) is 0. The molecule has 0 saturated carbocycles. The monoisotopic (exact) mass is 269 g/mol. The first-order valence-electron chi connectivity index (χ1n) is 6.12. The van der Waals surface area contributed by atoms with E-state index in [0.29, 0.717) is 22.0 Å². The second-order valence-corrected chi connectivity index (χ2v) is 5.21. The standard InChI is InChI=1S/C12H14ClNO2.C2H6/c1-12(2,3)8-5-10(13)14-9-4-7(6-15)16-11(8)9;1-2/h4-5,15H,6H2,1-3H3;1-2H3. The van der Waals surface area contributed by atoms with E-state index in [9.17, 15) is 0 Å². The first kappa shape index (κ1) is 15.0. The van der Waals surface area contributed by atoms with Crippen molar-refractivity contribution < 1.29 is 9.52 Å². The van der Waals surface area contributed by atoms with E-state index in [1.165, 1.54) is 0 Å². The first-order valence-corrected chi connectivity index (χ1v) is 6.50. The molecule has 4 heteroatoms. The molecule has 1 N–H and O–H groups in total. The average molecular weight is 270 g/mol. The van der Waals surface area contributed by atoms with Crippen molar-refractivity contribution in [2.24, 2.45) is 0 Å². The van der Waals surface area contributed by atoms with Gasteiger partial charge in [-0.25, -0.2) is 4.98 Å². The SMILES string of the molecule is CC.CC(C)(C)c1cc(Cl)nc2cc(CO)oc12. The van der Waals surface area contributed by atoms with Gasteiger partial charge in [-0.05, 0) is 11.5 Å². The summed E-state index contributed by atoms with van der Waals surface area (Å²) in [5, 5.41) is 9.49. The van der Waals surface area contributed by atoms with E-state index >= 15 is 0 Å². The fraction of sp³-hybridized carbons (Fsp3) is 0.500. The Hall–Kier alpha value is -1.06. The minimum absolute atomic E-state index is 0.0740. The summed E-state index contributed by atoms with van der Waals surface area (Å²) in [6.45, 7) is 10.1. The number of furan rings is 1. The predicted molar refractivity (Wildman–Crippen MR) is 75.0 cm³/mol. The zero-order valence-corrected chi connectivity index (χ0v) is 12.3. The number of aliphatic hydroxyl groups excluding tert-OH is 1. The lowest BCUT2D eigenvalue weighted by atomic mass is 9.87. The molecule has 0 aromatic carbocycles. The number of nitrogens with zero attached hydrogens (tertiary/aromatic N) is 1. The number of pyridine rings is 1. The molecule has 0 radical (unpaired) electrons. The Bertz CT molecular complexity index is 526. The van der Waals surface area contributed by atoms with E-state index < -0.39 is 0 Å². The van der Waals surface area contributed by atoms with Crippen LogP contribution in [-0.2, 0) is 12.0 Å². The Morgan fingerprint density at radius 3 is 2.39 bits per heavy atom. The summed E-state index contributed by atoms with van der Waals surface area (Å²) in [6.07, 6.45) is 0. The maximum Gasteiger partial charge on any atom is 0.156 e. The van der Waals surface area contributed by atoms with Gasteiger partial charge >= 0.3 is 0 Å². The van der Waals surface area contributed by atoms with E-state index in [4.69, 9.17) is 21.1 Å². The molecule has 0 unspecified atom stereocenters. The lowest BCUT2D eigenvalue weighted by Gasteiger charge is -2.18. The summed E-state index contributed by atoms with van der Waals surface area (Å²) >= 11 is 5.97. The van der Waals surface area contributed by atoms with Crippen LogP contribution in [0.2, 0.25) is 5.15 Å². The van der Waals surface area contributed by atoms with Crippen molar-refractivity contribution in [1.29, 1.82) is 0 Å². The Kier molecular flexibility index (Phi) is 4.77. The maximum atomic E-state index is 9.05. The molecular formula is C14H20ClNO2. The van der Waals surface area contributed by atoms with E-state index in [2.05, 4.69) is 25.8 Å². The van der Waals surface area contributed by atoms with Crippen molar-refractivity contribution in [3.05, 3.63) is 28.6 Å². The average Bonchev–Trinajstić information content (AvgIpc) is 2.72. The van der Waals surface area contributed by atoms with Crippen molar-refractivity contribution >= 4 is 22.7 Å². The number of aliphatic hydroxyl groups is 1. The number of hydrogen-bond donors (Lipinski definition) is 1. The summed E-state index contributed by atoms with van der Waals surface area (Å²) in [6, 6.07) is 3.53. The van der Waals surface area contributed by atoms with Crippen molar-refractivity contribution in [3.8, 4) is 0 Å². The lowest BCUT2D eigenvalue weighted by molar-refractivity contribution is 0.250. The molecule has 0 aliphatic heterocycles. The third-order valence-corrected chi connectivity index (χ3v) is 2.66. The summed E-state index contributed by atoms with van der Waals surface area (Å²) in [5.74, 6) is 0.510. The molecule has 2 aromatic rings. The minimum Gasteiger partial charge on any atom is -0.457 e. The first-order chi connectivity index (χ1) is 8.41. The van der Waals surface area contributed by atoms with Crippen LogP contribution < -0.4 is 0 Å². The van der Waals surface area contributed by atoms with Crippen LogP contribution in [0.15, 0.2) is 16.5 Å². The number of halogens is 1. The van der Waals surface area contributed by atoms with Gasteiger partial charge in [0.25, 0.3) is 0 Å². The molecule has 0 fully saturated rings. The molecule has 3 nitrogen and oxygen atoms in total. The zero-order chi connectivity index (χ0) is 13.9. The number of rotatable bonds is 1. The smallest absolute Gasteiger partial charge is 0.156 e. The molecule has 0 bridgehead atoms. The van der Waals surface area contributed by atoms with Gasteiger partial charge in [0, 0.05) is 11.6 Å². The minimum atomic E-state index is -0.127. The Labute approximate surface area is 113 Å². The van der Waals surface area contributed by atoms with Crippen LogP contribution in [0.4, 0.5) is 0 Å². The van der Waals surface area contributed by atoms with Crippen LogP contribution in [0.1, 0.15) is 45.9 Å². The lowest BCUT2D eigenvalue weighted by Crippen LogP contribution is -2.11. The quantitative estimate of drug-likeness (QED) is 0.785. The van der Waals surface area contributed by atoms with Gasteiger partial charge in [-0.2, -0.15) is 0 Å². The van der Waals surface area contributed by atoms with Gasteiger partial charge in [0.15, 0.2) is 5.58 Å². The molecule has 2 rings (SSSR count). The topological polar surface area (TPSA) is 46.3 Å². The van der Waals surface area contributed by atoms with Crippen LogP contribution in [0.5, 0.6) is 0 Å². The van der Waals surface area contributed by atoms with Gasteiger partial charge in [-0.1, -0.05) is 46.2 Å². The van der Waals surface area contributed by atoms with Crippen LogP contribution in [0.3, 0.4) is 0 Å². The molecule has 18 heavy (non-hydrogen) atoms. The fourth-order valence-corrected chi connectivity index (χ4v) is 1.87. The van der Waals surface area contributed by atoms with Crippen molar-refractivity contribution in [3.63, 3.8) is 0 Å². The highest BCUT2D eigenvalue weighted by molar-refractivity contribution is 6.29. The molecule has 0 saturated heterocycles. The highest BCUT2D eigenvalue weighted by Crippen LogP contribution is 2.32. The Balaban J connectivity index is 0.000000771. The van der Waals surface area contributed by atoms with E-state index in [0.717, 1.165) is 5.56 Å². The predicted octanol–water partition coefficient (Wildman–Crippen LogP) is 4.30. The molecule has 0 aliphatic rings. The van der Waals surface area contributed by atoms with E-state index in [-0.39, 0.29) is 12.0 Å². The van der Waals surface area contributed by atoms with Gasteiger partial charge in [-0.15, -0.1) is 0 Å². The molecular weight excluding hydrogens is 250 g/mol. The van der Waals surface area contributed by atoms with Gasteiger partial charge in [0.2, 0.25) is 0 Å². The molecule has 100 valence electrons. The van der Waals surface area contributed by atoms with Gasteiger partial charge in [-0.3, -0.25) is 0 Å². The normalized spacial score (nSPS) is 11.3. The van der Waals surface area contributed by atoms with Crippen molar-refractivity contribution in [1.82, 2.24) is 4.98 Å². The molecule has 0 spiro atoms. The molecule has 2 aromatic heterocycles. The van der Waals surface area contributed by atoms with Crippen LogP contribution >= 0.6 is 11.6 Å². The van der Waals surface area contributed by atoms with Crippen molar-refractivity contribution in [2.75, 3.05) is 0 Å². The largest absolute Gasteiger partial charge is 0.457 e. The number of fused-ring (bicyclic) bond motifs is 1. The van der Waals surface area contributed by atoms with Crippen molar-refractivity contribution in [2.45, 2.75) is 46.6 Å². The second kappa shape index (κ2) is 5.72. The molecule has 0 atom stereocenters. The highest BCUT2D eigenvalue weighted by atomic mass is 35.5. The zero-order valence-electron chi connectivity index (χ0n) is 11.5. The summed E-state index contributed by atoms with van der Waals surface area (Å²) < 4.78 is 5.56. The van der Waals surface area contributed by atoms with E-state index in [1.54, 1.807) is 6.07 Å². The molecule has 2 heterocycles. The third kappa shape index (κ3) is 3.03. The van der Waals surface area contributed by atoms with Crippen LogP contribution in [0, 0.1) is 0 Å². The highest BCUT2D eigenvalue weighted by Gasteiger charge is 2.21. The maximum absolute atomic E-state index is 9.05. The fourth-order valence-electron chi connectivity index (χ4n) is 1.67. The van der Waals surface area contributed by atoms with Crippen LogP contribution in [0.25, 0.3) is 11.1 Å². The third-order valence-electron chi connectivity index (χ3n) is 2.46. The summed E-state index contributed by atoms with van der Waals surface area (Å²) in [4.78, 5) is 4.18. The van der Waals surface area contributed by atoms with Crippen LogP contribution in [-0.4, -0.2) is 10.1 Å². The number of aromatic nitrogens is 1. The Morgan fingerprint density at radius 1 is 1.28 bits per heavy atom. The molecule has 0 amide bonds. The van der Waals surface area contributed by atoms with Gasteiger partial charge < -0.3 is 9.52 Å². The van der Waals surface area contributed by atoms with Gasteiger partial charge in [0.05, 0.1) is 0 Å². The van der Waals surface area contributed by atoms with Gasteiger partial charge in [0.1, 0.15) is 23.0 Å². The second-order valence-electron chi connectivity index (χ2n) is 4.83. The summed E-state index contributed by atoms with van der Waals surface area (Å²) in [5.41, 5.74) is 2.33. The van der Waals surface area contributed by atoms with E-state index in [1.807, 2.05) is 19.9 Å². The number of hydrogen-bond acceptors (Lipinski definition) is 3. The molecule has 0 aliphatic carbocycles. The Morgan fingerprint density at radius 2 is 1.89 bits per heavy atom.